The number of nitrogens with zero attached hydrogens (tertiary/aromatic N) is 2. The Balaban J connectivity index is 2.31. The third-order valence-corrected chi connectivity index (χ3v) is 4.56. The van der Waals surface area contributed by atoms with Gasteiger partial charge in [0.1, 0.15) is 4.90 Å². The van der Waals surface area contributed by atoms with Crippen molar-refractivity contribution >= 4 is 27.2 Å². The van der Waals surface area contributed by atoms with E-state index >= 15 is 0 Å². The summed E-state index contributed by atoms with van der Waals surface area (Å²) >= 11 is 1.20. The van der Waals surface area contributed by atoms with Gasteiger partial charge in [-0.25, -0.2) is 8.42 Å². The van der Waals surface area contributed by atoms with Crippen molar-refractivity contribution in [3.63, 3.8) is 0 Å². The zero-order valence-corrected chi connectivity index (χ0v) is 10.6. The molecule has 2 heterocycles. The monoisotopic (exact) mass is 273 g/mol. The first-order valence-corrected chi connectivity index (χ1v) is 7.09. The largest absolute Gasteiger partial charge is 0.391 e. The molecule has 6 nitrogen and oxygen atoms in total. The van der Waals surface area contributed by atoms with Crippen LogP contribution in [0.4, 0.5) is 5.82 Å². The number of nitrogens with one attached hydrogen (secondary N) is 1. The summed E-state index contributed by atoms with van der Waals surface area (Å²) in [6.45, 7) is -0.296. The van der Waals surface area contributed by atoms with Crippen molar-refractivity contribution in [3.05, 3.63) is 28.6 Å². The van der Waals surface area contributed by atoms with E-state index in [1.54, 1.807) is 24.7 Å². The predicted molar refractivity (Wildman–Crippen MR) is 64.3 cm³/mol. The molecule has 2 aromatic heterocycles. The topological polar surface area (TPSA) is 84.2 Å². The second kappa shape index (κ2) is 4.47. The second-order valence-electron chi connectivity index (χ2n) is 3.35. The quantitative estimate of drug-likeness (QED) is 0.862. The van der Waals surface area contributed by atoms with E-state index in [1.807, 2.05) is 0 Å². The Hall–Kier alpha value is -1.38. The Morgan fingerprint density at radius 1 is 1.53 bits per heavy atom. The van der Waals surface area contributed by atoms with Gasteiger partial charge in [0.2, 0.25) is 0 Å². The predicted octanol–water partition coefficient (Wildman–Crippen LogP) is 0.775. The molecular formula is C9H11N3O3S2. The van der Waals surface area contributed by atoms with Gasteiger partial charge in [-0.1, -0.05) is 0 Å². The van der Waals surface area contributed by atoms with Crippen LogP contribution in [0.15, 0.2) is 28.6 Å². The van der Waals surface area contributed by atoms with Gasteiger partial charge in [-0.05, 0) is 11.4 Å². The number of aromatic nitrogens is 2. The minimum absolute atomic E-state index is 0.0932. The molecule has 0 unspecified atom stereocenters. The molecule has 0 aliphatic carbocycles. The minimum Gasteiger partial charge on any atom is -0.391 e. The fourth-order valence-electron chi connectivity index (χ4n) is 1.35. The minimum atomic E-state index is -3.67. The number of sulfonamides is 1. The van der Waals surface area contributed by atoms with E-state index in [4.69, 9.17) is 5.11 Å². The molecule has 0 amide bonds. The highest BCUT2D eigenvalue weighted by Gasteiger charge is 2.20. The van der Waals surface area contributed by atoms with Crippen molar-refractivity contribution < 1.29 is 13.5 Å². The first-order valence-electron chi connectivity index (χ1n) is 4.72. The summed E-state index contributed by atoms with van der Waals surface area (Å²) in [6.07, 6.45) is 1.64. The highest BCUT2D eigenvalue weighted by atomic mass is 32.2. The smallest absolute Gasteiger partial charge is 0.264 e. The molecule has 8 heteroatoms. The molecule has 2 rings (SSSR count). The molecule has 0 aliphatic heterocycles. The molecule has 0 spiro atoms. The fraction of sp³-hybridized carbons (Fsp3) is 0.222. The van der Waals surface area contributed by atoms with E-state index in [-0.39, 0.29) is 17.3 Å². The fourth-order valence-corrected chi connectivity index (χ4v) is 3.64. The summed E-state index contributed by atoms with van der Waals surface area (Å²) in [5.41, 5.74) is 0. The maximum absolute atomic E-state index is 12.0. The number of aliphatic hydroxyl groups excluding tert-OH is 1. The van der Waals surface area contributed by atoms with Crippen molar-refractivity contribution in [2.24, 2.45) is 7.05 Å². The lowest BCUT2D eigenvalue weighted by atomic mass is 10.5. The first kappa shape index (κ1) is 12.1. The van der Waals surface area contributed by atoms with Crippen LogP contribution in [0.5, 0.6) is 0 Å². The van der Waals surface area contributed by atoms with Gasteiger partial charge in [-0.2, -0.15) is 5.10 Å². The van der Waals surface area contributed by atoms with E-state index in [9.17, 15) is 8.42 Å². The summed E-state index contributed by atoms with van der Waals surface area (Å²) in [6, 6.07) is 3.02. The average Bonchev–Trinajstić information content (AvgIpc) is 2.86. The summed E-state index contributed by atoms with van der Waals surface area (Å²) in [5.74, 6) is 0.252. The molecule has 92 valence electrons. The van der Waals surface area contributed by atoms with E-state index in [2.05, 4.69) is 9.82 Å². The van der Waals surface area contributed by atoms with Gasteiger partial charge in [0.25, 0.3) is 10.0 Å². The van der Waals surface area contributed by atoms with Gasteiger partial charge in [-0.15, -0.1) is 11.3 Å². The lowest BCUT2D eigenvalue weighted by molar-refractivity contribution is 0.282. The Labute approximate surface area is 103 Å². The van der Waals surface area contributed by atoms with Crippen molar-refractivity contribution in [3.8, 4) is 0 Å². The molecule has 0 saturated heterocycles. The standard InChI is InChI=1S/C9H11N3O3S2/c1-12-4-2-9(10-12)11-17(14,15)8-3-5-16-7(8)6-13/h2-5,13H,6H2,1H3,(H,10,11). The van der Waals surface area contributed by atoms with E-state index in [0.29, 0.717) is 4.88 Å². The van der Waals surface area contributed by atoms with Crippen LogP contribution in [0.3, 0.4) is 0 Å². The normalized spacial score (nSPS) is 11.6. The van der Waals surface area contributed by atoms with Crippen LogP contribution >= 0.6 is 11.3 Å². The lowest BCUT2D eigenvalue weighted by Gasteiger charge is -2.04. The number of rotatable bonds is 4. The number of aliphatic hydroxyl groups is 1. The van der Waals surface area contributed by atoms with Crippen molar-refractivity contribution in [2.45, 2.75) is 11.5 Å². The molecule has 0 bridgehead atoms. The van der Waals surface area contributed by atoms with Crippen LogP contribution in [-0.2, 0) is 23.7 Å². The second-order valence-corrected chi connectivity index (χ2v) is 6.00. The van der Waals surface area contributed by atoms with Crippen LogP contribution < -0.4 is 4.72 Å². The van der Waals surface area contributed by atoms with Gasteiger partial charge >= 0.3 is 0 Å². The number of anilines is 1. The van der Waals surface area contributed by atoms with Crippen LogP contribution in [-0.4, -0.2) is 23.3 Å². The van der Waals surface area contributed by atoms with Crippen molar-refractivity contribution in [1.82, 2.24) is 9.78 Å². The third-order valence-electron chi connectivity index (χ3n) is 2.09. The van der Waals surface area contributed by atoms with Crippen molar-refractivity contribution in [2.75, 3.05) is 4.72 Å². The molecular weight excluding hydrogens is 262 g/mol. The molecule has 2 N–H and O–H groups in total. The van der Waals surface area contributed by atoms with Gasteiger partial charge < -0.3 is 5.11 Å². The Morgan fingerprint density at radius 3 is 2.88 bits per heavy atom. The van der Waals surface area contributed by atoms with Gasteiger partial charge in [-0.3, -0.25) is 9.40 Å². The summed E-state index contributed by atoms with van der Waals surface area (Å²) in [5, 5.41) is 14.6. The van der Waals surface area contributed by atoms with Gasteiger partial charge in [0, 0.05) is 19.3 Å². The Bertz CT molecular complexity index is 615. The molecule has 0 aliphatic rings. The van der Waals surface area contributed by atoms with Crippen LogP contribution in [0, 0.1) is 0 Å². The van der Waals surface area contributed by atoms with Gasteiger partial charge in [0.15, 0.2) is 5.82 Å². The molecule has 0 aromatic carbocycles. The molecule has 0 fully saturated rings. The van der Waals surface area contributed by atoms with Crippen LogP contribution in [0.2, 0.25) is 0 Å². The first-order chi connectivity index (χ1) is 8.03. The van der Waals surface area contributed by atoms with E-state index in [0.717, 1.165) is 0 Å². The van der Waals surface area contributed by atoms with Crippen LogP contribution in [0.1, 0.15) is 4.88 Å². The number of hydrogen-bond acceptors (Lipinski definition) is 5. The highest BCUT2D eigenvalue weighted by molar-refractivity contribution is 7.92. The molecule has 0 radical (unpaired) electrons. The number of thiophene rings is 1. The third kappa shape index (κ3) is 2.48. The molecule has 17 heavy (non-hydrogen) atoms. The number of aryl methyl sites for hydroxylation is 1. The zero-order chi connectivity index (χ0) is 12.5. The Kier molecular flexibility index (Phi) is 3.18. The lowest BCUT2D eigenvalue weighted by Crippen LogP contribution is -2.14. The molecule has 0 saturated carbocycles. The summed E-state index contributed by atoms with van der Waals surface area (Å²) < 4.78 is 27.8. The highest BCUT2D eigenvalue weighted by Crippen LogP contribution is 2.23. The number of hydrogen-bond donors (Lipinski definition) is 2. The molecule has 2 aromatic rings. The van der Waals surface area contributed by atoms with Gasteiger partial charge in [0.05, 0.1) is 11.5 Å². The van der Waals surface area contributed by atoms with E-state index < -0.39 is 10.0 Å². The molecule has 0 atom stereocenters. The van der Waals surface area contributed by atoms with Crippen LogP contribution in [0.25, 0.3) is 0 Å². The van der Waals surface area contributed by atoms with Crippen molar-refractivity contribution in [1.29, 1.82) is 0 Å². The van der Waals surface area contributed by atoms with E-state index in [1.165, 1.54) is 22.1 Å². The maximum atomic E-state index is 12.0. The summed E-state index contributed by atoms with van der Waals surface area (Å²) in [4.78, 5) is 0.504. The summed E-state index contributed by atoms with van der Waals surface area (Å²) in [7, 11) is -1.98. The zero-order valence-electron chi connectivity index (χ0n) is 8.99. The average molecular weight is 273 g/mol. The Morgan fingerprint density at radius 2 is 2.29 bits per heavy atom. The SMILES string of the molecule is Cn1ccc(NS(=O)(=O)c2ccsc2CO)n1. The maximum Gasteiger partial charge on any atom is 0.264 e.